The van der Waals surface area contributed by atoms with E-state index in [1.54, 1.807) is 0 Å². The second kappa shape index (κ2) is 6.11. The van der Waals surface area contributed by atoms with Crippen LogP contribution in [-0.2, 0) is 0 Å². The number of nitrogens with zero attached hydrogens (tertiary/aromatic N) is 1. The van der Waals surface area contributed by atoms with E-state index in [2.05, 4.69) is 18.9 Å². The second-order valence-electron chi connectivity index (χ2n) is 7.07. The van der Waals surface area contributed by atoms with Crippen molar-refractivity contribution in [3.63, 3.8) is 0 Å². The Kier molecular flexibility index (Phi) is 4.91. The van der Waals surface area contributed by atoms with Crippen molar-refractivity contribution in [1.29, 1.82) is 0 Å². The molecule has 1 saturated carbocycles. The molecule has 2 unspecified atom stereocenters. The molecule has 2 fully saturated rings. The Bertz CT molecular complexity index is 286. The van der Waals surface area contributed by atoms with Crippen LogP contribution in [-0.4, -0.2) is 41.8 Å². The van der Waals surface area contributed by atoms with Crippen LogP contribution in [0.5, 0.6) is 0 Å². The molecule has 3 heteroatoms. The van der Waals surface area contributed by atoms with E-state index < -0.39 is 5.60 Å². The van der Waals surface area contributed by atoms with Gasteiger partial charge in [-0.2, -0.15) is 0 Å². The molecular weight excluding hydrogens is 236 g/mol. The zero-order valence-corrected chi connectivity index (χ0v) is 12.8. The molecule has 2 rings (SSSR count). The third-order valence-corrected chi connectivity index (χ3v) is 5.95. The molecule has 3 N–H and O–H groups in total. The Hall–Kier alpha value is -0.120. The summed E-state index contributed by atoms with van der Waals surface area (Å²) in [5.74, 6) is 0. The summed E-state index contributed by atoms with van der Waals surface area (Å²) in [6.07, 6.45) is 10.5. The smallest absolute Gasteiger partial charge is 0.0742 e. The normalized spacial score (nSPS) is 37.6. The SMILES string of the molecule is CC1CC(O)(C2(CN)CCCCCCC2)CCN1C. The Morgan fingerprint density at radius 1 is 1.11 bits per heavy atom. The minimum atomic E-state index is -0.537. The van der Waals surface area contributed by atoms with Crippen molar-refractivity contribution >= 4 is 0 Å². The molecule has 2 aliphatic rings. The second-order valence-corrected chi connectivity index (χ2v) is 7.07. The zero-order chi connectivity index (χ0) is 13.9. The molecule has 0 aromatic carbocycles. The first kappa shape index (κ1) is 15.3. The van der Waals surface area contributed by atoms with Gasteiger partial charge in [0.15, 0.2) is 0 Å². The lowest BCUT2D eigenvalue weighted by Crippen LogP contribution is -2.59. The van der Waals surface area contributed by atoms with Crippen LogP contribution in [0.2, 0.25) is 0 Å². The lowest BCUT2D eigenvalue weighted by molar-refractivity contribution is -0.137. The molecule has 0 radical (unpaired) electrons. The number of likely N-dealkylation sites (tertiary alicyclic amines) is 1. The summed E-state index contributed by atoms with van der Waals surface area (Å²) in [7, 11) is 2.16. The predicted octanol–water partition coefficient (Wildman–Crippen LogP) is 2.52. The van der Waals surface area contributed by atoms with Crippen molar-refractivity contribution in [2.24, 2.45) is 11.1 Å². The van der Waals surface area contributed by atoms with Gasteiger partial charge < -0.3 is 15.7 Å². The molecule has 19 heavy (non-hydrogen) atoms. The van der Waals surface area contributed by atoms with E-state index in [0.717, 1.165) is 32.2 Å². The van der Waals surface area contributed by atoms with Crippen LogP contribution in [0.15, 0.2) is 0 Å². The molecule has 0 aromatic rings. The topological polar surface area (TPSA) is 49.5 Å². The third-order valence-electron chi connectivity index (χ3n) is 5.95. The molecule has 2 atom stereocenters. The lowest BCUT2D eigenvalue weighted by Gasteiger charge is -2.53. The van der Waals surface area contributed by atoms with Crippen molar-refractivity contribution in [2.75, 3.05) is 20.1 Å². The van der Waals surface area contributed by atoms with E-state index in [4.69, 9.17) is 5.73 Å². The quantitative estimate of drug-likeness (QED) is 0.809. The summed E-state index contributed by atoms with van der Waals surface area (Å²) in [6, 6.07) is 0.465. The summed E-state index contributed by atoms with van der Waals surface area (Å²) < 4.78 is 0. The highest BCUT2D eigenvalue weighted by Crippen LogP contribution is 2.48. The summed E-state index contributed by atoms with van der Waals surface area (Å²) in [4.78, 5) is 2.36. The molecule has 0 spiro atoms. The summed E-state index contributed by atoms with van der Waals surface area (Å²) in [5, 5.41) is 11.3. The highest BCUT2D eigenvalue weighted by Gasteiger charge is 2.50. The van der Waals surface area contributed by atoms with Crippen molar-refractivity contribution in [2.45, 2.75) is 76.4 Å². The molecule has 1 aliphatic carbocycles. The first-order valence-electron chi connectivity index (χ1n) is 8.16. The fourth-order valence-corrected chi connectivity index (χ4v) is 4.25. The first-order valence-corrected chi connectivity index (χ1v) is 8.16. The van der Waals surface area contributed by atoms with Crippen LogP contribution in [0.25, 0.3) is 0 Å². The molecule has 1 heterocycles. The summed E-state index contributed by atoms with van der Waals surface area (Å²) >= 11 is 0. The largest absolute Gasteiger partial charge is 0.389 e. The van der Waals surface area contributed by atoms with Gasteiger partial charge in [0, 0.05) is 24.5 Å². The van der Waals surface area contributed by atoms with Gasteiger partial charge in [0.25, 0.3) is 0 Å². The van der Waals surface area contributed by atoms with Crippen LogP contribution in [0.4, 0.5) is 0 Å². The summed E-state index contributed by atoms with van der Waals surface area (Å²) in [6.45, 7) is 3.89. The van der Waals surface area contributed by atoms with Crippen molar-refractivity contribution in [1.82, 2.24) is 4.90 Å². The predicted molar refractivity (Wildman–Crippen MR) is 80.1 cm³/mol. The Labute approximate surface area is 118 Å². The van der Waals surface area contributed by atoms with Gasteiger partial charge in [0.1, 0.15) is 0 Å². The van der Waals surface area contributed by atoms with Gasteiger partial charge in [-0.15, -0.1) is 0 Å². The van der Waals surface area contributed by atoms with Crippen molar-refractivity contribution in [3.8, 4) is 0 Å². The highest BCUT2D eigenvalue weighted by atomic mass is 16.3. The number of aliphatic hydroxyl groups is 1. The molecular formula is C16H32N2O. The maximum Gasteiger partial charge on any atom is 0.0742 e. The molecule has 0 aromatic heterocycles. The Morgan fingerprint density at radius 3 is 2.21 bits per heavy atom. The maximum atomic E-state index is 11.3. The average molecular weight is 268 g/mol. The lowest BCUT2D eigenvalue weighted by atomic mass is 9.60. The molecule has 0 amide bonds. The van der Waals surface area contributed by atoms with Crippen LogP contribution in [0, 0.1) is 5.41 Å². The van der Waals surface area contributed by atoms with Gasteiger partial charge in [-0.25, -0.2) is 0 Å². The number of rotatable bonds is 2. The van der Waals surface area contributed by atoms with Gasteiger partial charge in [0.2, 0.25) is 0 Å². The third kappa shape index (κ3) is 2.98. The highest BCUT2D eigenvalue weighted by molar-refractivity contribution is 5.04. The van der Waals surface area contributed by atoms with Crippen molar-refractivity contribution < 1.29 is 5.11 Å². The number of piperidine rings is 1. The molecule has 0 bridgehead atoms. The maximum absolute atomic E-state index is 11.3. The fraction of sp³-hybridized carbons (Fsp3) is 1.00. The Morgan fingerprint density at radius 2 is 1.68 bits per heavy atom. The van der Waals surface area contributed by atoms with Gasteiger partial charge in [0.05, 0.1) is 5.60 Å². The number of hydrogen-bond acceptors (Lipinski definition) is 3. The number of hydrogen-bond donors (Lipinski definition) is 2. The standard InChI is InChI=1S/C16H32N2O/c1-14-12-16(19,10-11-18(14)2)15(13-17)8-6-4-3-5-7-9-15/h14,19H,3-13,17H2,1-2H3. The molecule has 112 valence electrons. The van der Waals surface area contributed by atoms with Crippen LogP contribution < -0.4 is 5.73 Å². The van der Waals surface area contributed by atoms with Gasteiger partial charge >= 0.3 is 0 Å². The van der Waals surface area contributed by atoms with Crippen LogP contribution in [0.1, 0.15) is 64.7 Å². The molecule has 1 saturated heterocycles. The first-order chi connectivity index (χ1) is 9.03. The zero-order valence-electron chi connectivity index (χ0n) is 12.8. The van der Waals surface area contributed by atoms with E-state index >= 15 is 0 Å². The van der Waals surface area contributed by atoms with Crippen LogP contribution in [0.3, 0.4) is 0 Å². The minimum absolute atomic E-state index is 0.0249. The van der Waals surface area contributed by atoms with E-state index in [1.165, 1.54) is 32.1 Å². The van der Waals surface area contributed by atoms with E-state index in [0.29, 0.717) is 12.6 Å². The van der Waals surface area contributed by atoms with Crippen molar-refractivity contribution in [3.05, 3.63) is 0 Å². The molecule has 1 aliphatic heterocycles. The monoisotopic (exact) mass is 268 g/mol. The van der Waals surface area contributed by atoms with Gasteiger partial charge in [-0.05, 0) is 39.7 Å². The van der Waals surface area contributed by atoms with Gasteiger partial charge in [-0.1, -0.05) is 32.1 Å². The summed E-state index contributed by atoms with van der Waals surface area (Å²) in [5.41, 5.74) is 5.62. The van der Waals surface area contributed by atoms with Gasteiger partial charge in [-0.3, -0.25) is 0 Å². The molecule has 3 nitrogen and oxygen atoms in total. The fourth-order valence-electron chi connectivity index (χ4n) is 4.25. The average Bonchev–Trinajstić information content (AvgIpc) is 2.35. The van der Waals surface area contributed by atoms with E-state index in [9.17, 15) is 5.11 Å². The van der Waals surface area contributed by atoms with Crippen LogP contribution >= 0.6 is 0 Å². The minimum Gasteiger partial charge on any atom is -0.389 e. The Balaban J connectivity index is 2.17. The van der Waals surface area contributed by atoms with E-state index in [-0.39, 0.29) is 5.41 Å². The number of nitrogens with two attached hydrogens (primary N) is 1. The van der Waals surface area contributed by atoms with E-state index in [1.807, 2.05) is 0 Å².